The van der Waals surface area contributed by atoms with Crippen LogP contribution in [0.3, 0.4) is 0 Å². The number of aryl methyl sites for hydroxylation is 2. The highest BCUT2D eigenvalue weighted by molar-refractivity contribution is 5.45. The van der Waals surface area contributed by atoms with E-state index in [1.165, 1.54) is 0 Å². The number of phenolic OH excluding ortho intramolecular Hbond substituents is 1. The molecule has 0 spiro atoms. The van der Waals surface area contributed by atoms with E-state index in [1.807, 2.05) is 32.0 Å². The number of anilines is 1. The number of para-hydroxylation sites is 1. The van der Waals surface area contributed by atoms with Gasteiger partial charge in [-0.05, 0) is 25.5 Å². The van der Waals surface area contributed by atoms with E-state index in [0.717, 1.165) is 16.8 Å². The van der Waals surface area contributed by atoms with Crippen LogP contribution in [0, 0.1) is 6.92 Å². The van der Waals surface area contributed by atoms with E-state index in [9.17, 15) is 9.90 Å². The van der Waals surface area contributed by atoms with Crippen LogP contribution >= 0.6 is 0 Å². The summed E-state index contributed by atoms with van der Waals surface area (Å²) in [7, 11) is 0. The van der Waals surface area contributed by atoms with Crippen molar-refractivity contribution < 1.29 is 5.11 Å². The van der Waals surface area contributed by atoms with Crippen molar-refractivity contribution in [1.29, 1.82) is 0 Å². The summed E-state index contributed by atoms with van der Waals surface area (Å²) < 4.78 is 1.64. The zero-order valence-electron chi connectivity index (χ0n) is 11.2. The molecule has 2 aromatic rings. The van der Waals surface area contributed by atoms with E-state index < -0.39 is 0 Å². The Morgan fingerprint density at radius 3 is 2.79 bits per heavy atom. The van der Waals surface area contributed by atoms with Gasteiger partial charge in [0.05, 0.1) is 5.69 Å². The minimum absolute atomic E-state index is 0.00791. The number of aromatic hydroxyl groups is 1. The summed E-state index contributed by atoms with van der Waals surface area (Å²) in [4.78, 5) is 11.5. The van der Waals surface area contributed by atoms with Gasteiger partial charge < -0.3 is 15.0 Å². The molecule has 0 saturated heterocycles. The quantitative estimate of drug-likeness (QED) is 0.886. The highest BCUT2D eigenvalue weighted by Gasteiger charge is 2.03. The average Bonchev–Trinajstić information content (AvgIpc) is 2.42. The van der Waals surface area contributed by atoms with Gasteiger partial charge in [0, 0.05) is 30.9 Å². The molecular formula is C15H18N2O2. The van der Waals surface area contributed by atoms with E-state index in [1.54, 1.807) is 22.9 Å². The summed E-state index contributed by atoms with van der Waals surface area (Å²) in [5.41, 5.74) is 2.56. The van der Waals surface area contributed by atoms with Gasteiger partial charge in [0.15, 0.2) is 0 Å². The van der Waals surface area contributed by atoms with Crippen LogP contribution in [0.2, 0.25) is 0 Å². The molecule has 2 N–H and O–H groups in total. The smallest absolute Gasteiger partial charge is 0.250 e. The monoisotopic (exact) mass is 258 g/mol. The first kappa shape index (κ1) is 13.2. The Bertz CT molecular complexity index is 632. The number of phenols is 1. The minimum atomic E-state index is -0.00791. The zero-order valence-corrected chi connectivity index (χ0v) is 11.2. The molecule has 0 aliphatic carbocycles. The number of rotatable bonds is 4. The summed E-state index contributed by atoms with van der Waals surface area (Å²) in [6.45, 7) is 4.97. The molecule has 1 heterocycles. The molecule has 1 aromatic heterocycles. The number of benzene rings is 1. The first-order valence-corrected chi connectivity index (χ1v) is 6.33. The molecule has 0 atom stereocenters. The fourth-order valence-corrected chi connectivity index (χ4v) is 1.94. The van der Waals surface area contributed by atoms with Crippen molar-refractivity contribution in [3.8, 4) is 5.75 Å². The van der Waals surface area contributed by atoms with Gasteiger partial charge >= 0.3 is 0 Å². The molecule has 0 aliphatic heterocycles. The molecule has 4 nitrogen and oxygen atoms in total. The fraction of sp³-hybridized carbons (Fsp3) is 0.267. The summed E-state index contributed by atoms with van der Waals surface area (Å²) >= 11 is 0. The van der Waals surface area contributed by atoms with Crippen LogP contribution in [-0.2, 0) is 13.1 Å². The Kier molecular flexibility index (Phi) is 3.90. The molecule has 0 aliphatic rings. The molecule has 2 rings (SSSR count). The van der Waals surface area contributed by atoms with E-state index >= 15 is 0 Å². The summed E-state index contributed by atoms with van der Waals surface area (Å²) in [5, 5.41) is 13.1. The average molecular weight is 258 g/mol. The summed E-state index contributed by atoms with van der Waals surface area (Å²) in [5.74, 6) is 0.318. The third-order valence-electron chi connectivity index (χ3n) is 3.13. The highest BCUT2D eigenvalue weighted by atomic mass is 16.3. The summed E-state index contributed by atoms with van der Waals surface area (Å²) in [6.07, 6.45) is 1.79. The third kappa shape index (κ3) is 2.96. The second-order valence-electron chi connectivity index (χ2n) is 4.48. The summed E-state index contributed by atoms with van der Waals surface area (Å²) in [6, 6.07) is 8.96. The molecule has 100 valence electrons. The Hall–Kier alpha value is -2.23. The van der Waals surface area contributed by atoms with Crippen LogP contribution in [0.1, 0.15) is 18.1 Å². The fourth-order valence-electron chi connectivity index (χ4n) is 1.94. The van der Waals surface area contributed by atoms with Gasteiger partial charge in [-0.1, -0.05) is 18.2 Å². The molecular weight excluding hydrogens is 240 g/mol. The van der Waals surface area contributed by atoms with Crippen molar-refractivity contribution in [1.82, 2.24) is 4.57 Å². The maximum atomic E-state index is 11.5. The number of hydrogen-bond donors (Lipinski definition) is 2. The number of nitrogens with one attached hydrogen (secondary N) is 1. The maximum absolute atomic E-state index is 11.5. The molecule has 4 heteroatoms. The van der Waals surface area contributed by atoms with Crippen molar-refractivity contribution in [2.75, 3.05) is 5.32 Å². The molecule has 0 saturated carbocycles. The number of pyridine rings is 1. The van der Waals surface area contributed by atoms with Gasteiger partial charge in [-0.15, -0.1) is 0 Å². The second-order valence-corrected chi connectivity index (χ2v) is 4.48. The van der Waals surface area contributed by atoms with Crippen LogP contribution in [0.4, 0.5) is 5.69 Å². The van der Waals surface area contributed by atoms with E-state index in [2.05, 4.69) is 5.32 Å². The van der Waals surface area contributed by atoms with E-state index in [4.69, 9.17) is 0 Å². The van der Waals surface area contributed by atoms with Crippen LogP contribution in [-0.4, -0.2) is 9.67 Å². The van der Waals surface area contributed by atoms with Crippen LogP contribution in [0.25, 0.3) is 0 Å². The predicted octanol–water partition coefficient (Wildman–Crippen LogP) is 2.49. The topological polar surface area (TPSA) is 54.3 Å². The lowest BCUT2D eigenvalue weighted by atomic mass is 10.1. The van der Waals surface area contributed by atoms with Crippen molar-refractivity contribution in [3.63, 3.8) is 0 Å². The van der Waals surface area contributed by atoms with Gasteiger partial charge in [0.1, 0.15) is 5.75 Å². The van der Waals surface area contributed by atoms with Crippen LogP contribution < -0.4 is 10.9 Å². The van der Waals surface area contributed by atoms with Gasteiger partial charge in [-0.3, -0.25) is 4.79 Å². The van der Waals surface area contributed by atoms with Gasteiger partial charge in [0.2, 0.25) is 0 Å². The van der Waals surface area contributed by atoms with Gasteiger partial charge in [-0.2, -0.15) is 0 Å². The molecule has 19 heavy (non-hydrogen) atoms. The first-order valence-electron chi connectivity index (χ1n) is 6.33. The van der Waals surface area contributed by atoms with Gasteiger partial charge in [0.25, 0.3) is 5.56 Å². The molecule has 0 amide bonds. The Morgan fingerprint density at radius 1 is 1.26 bits per heavy atom. The lowest BCUT2D eigenvalue weighted by Crippen LogP contribution is -2.17. The molecule has 0 bridgehead atoms. The van der Waals surface area contributed by atoms with Gasteiger partial charge in [-0.25, -0.2) is 0 Å². The van der Waals surface area contributed by atoms with Crippen molar-refractivity contribution >= 4 is 5.69 Å². The molecule has 0 unspecified atom stereocenters. The third-order valence-corrected chi connectivity index (χ3v) is 3.13. The molecule has 0 fully saturated rings. The second kappa shape index (κ2) is 5.61. The van der Waals surface area contributed by atoms with Crippen molar-refractivity contribution in [2.45, 2.75) is 26.9 Å². The van der Waals surface area contributed by atoms with Crippen molar-refractivity contribution in [2.24, 2.45) is 0 Å². The number of nitrogens with zero attached hydrogens (tertiary/aromatic N) is 1. The minimum Gasteiger partial charge on any atom is -0.507 e. The predicted molar refractivity (Wildman–Crippen MR) is 76.5 cm³/mol. The van der Waals surface area contributed by atoms with E-state index in [0.29, 0.717) is 18.8 Å². The Labute approximate surface area is 112 Å². The van der Waals surface area contributed by atoms with Crippen LogP contribution in [0.15, 0.2) is 41.3 Å². The zero-order chi connectivity index (χ0) is 13.8. The SMILES string of the molecule is CCn1cc(NCc2cccc(C)c2O)ccc1=O. The molecule has 0 radical (unpaired) electrons. The Balaban J connectivity index is 2.14. The van der Waals surface area contributed by atoms with Crippen molar-refractivity contribution in [3.05, 3.63) is 58.0 Å². The normalized spacial score (nSPS) is 10.4. The lowest BCUT2D eigenvalue weighted by Gasteiger charge is -2.11. The maximum Gasteiger partial charge on any atom is 0.250 e. The number of aromatic nitrogens is 1. The van der Waals surface area contributed by atoms with Crippen LogP contribution in [0.5, 0.6) is 5.75 Å². The lowest BCUT2D eigenvalue weighted by molar-refractivity contribution is 0.465. The first-order chi connectivity index (χ1) is 9.11. The standard InChI is InChI=1S/C15H18N2O2/c1-3-17-10-13(7-8-14(17)18)16-9-12-6-4-5-11(2)15(12)19/h4-8,10,16,19H,3,9H2,1-2H3. The Morgan fingerprint density at radius 2 is 2.05 bits per heavy atom. The largest absolute Gasteiger partial charge is 0.507 e. The highest BCUT2D eigenvalue weighted by Crippen LogP contribution is 2.22. The van der Waals surface area contributed by atoms with E-state index in [-0.39, 0.29) is 5.56 Å². The molecule has 1 aromatic carbocycles. The number of hydrogen-bond acceptors (Lipinski definition) is 3.